The topological polar surface area (TPSA) is 191 Å². The Hall–Kier alpha value is 0.117. The molecule has 0 saturated carbocycles. The molecule has 16 heavy (non-hydrogen) atoms. The Balaban J connectivity index is -0.0000000692. The molecule has 0 saturated heterocycles. The molecular weight excluding hydrogens is 354 g/mol. The van der Waals surface area contributed by atoms with Gasteiger partial charge in [-0.05, 0) is 13.8 Å². The summed E-state index contributed by atoms with van der Waals surface area (Å²) in [5.41, 5.74) is 0. The molecule has 0 amide bonds. The van der Waals surface area contributed by atoms with Crippen LogP contribution < -0.4 is 6.15 Å². The zero-order chi connectivity index (χ0) is 13.0. The summed E-state index contributed by atoms with van der Waals surface area (Å²) in [6.45, 7) is 2.39. The first kappa shape index (κ1) is 25.1. The Morgan fingerprint density at radius 1 is 0.938 bits per heavy atom. The van der Waals surface area contributed by atoms with Crippen LogP contribution in [0.1, 0.15) is 13.8 Å². The van der Waals surface area contributed by atoms with Gasteiger partial charge in [0.05, 0.1) is 0 Å². The molecule has 0 rings (SSSR count). The van der Waals surface area contributed by atoms with Gasteiger partial charge in [0, 0.05) is 0 Å². The van der Waals surface area contributed by atoms with E-state index < -0.39 is 62.9 Å². The van der Waals surface area contributed by atoms with E-state index in [1.807, 2.05) is 0 Å². The van der Waals surface area contributed by atoms with Gasteiger partial charge in [-0.3, -0.25) is 0 Å². The van der Waals surface area contributed by atoms with Crippen LogP contribution in [-0.4, -0.2) is 47.2 Å². The molecule has 9 N–H and O–H groups in total. The molecule has 0 aromatic carbocycles. The van der Waals surface area contributed by atoms with Crippen LogP contribution >= 0.6 is 0 Å². The third kappa shape index (κ3) is 36.9. The number of aliphatic hydroxyl groups excluding tert-OH is 2. The van der Waals surface area contributed by atoms with Gasteiger partial charge in [0.2, 0.25) is 0 Å². The summed E-state index contributed by atoms with van der Waals surface area (Å²) in [7, 11) is 0. The minimum absolute atomic E-state index is 0. The van der Waals surface area contributed by atoms with Crippen molar-refractivity contribution < 1.29 is 71.4 Å². The second kappa shape index (κ2) is 17.5. The van der Waals surface area contributed by atoms with Crippen molar-refractivity contribution >= 4 is 11.9 Å². The predicted molar refractivity (Wildman–Crippen MR) is 48.1 cm³/mol. The molecule has 98 valence electrons. The Morgan fingerprint density at radius 2 is 1.00 bits per heavy atom. The third-order valence-corrected chi connectivity index (χ3v) is 0.715. The Morgan fingerprint density at radius 3 is 1.00 bits per heavy atom. The van der Waals surface area contributed by atoms with Gasteiger partial charge in [0.1, 0.15) is 12.2 Å². The Labute approximate surface area is 115 Å². The number of carboxylic acids is 2. The summed E-state index contributed by atoms with van der Waals surface area (Å²) in [5, 5.41) is 31.5. The summed E-state index contributed by atoms with van der Waals surface area (Å²) in [4.78, 5) is 18.9. The van der Waals surface area contributed by atoms with Crippen molar-refractivity contribution in [3.05, 3.63) is 0 Å². The first-order valence-electron chi connectivity index (χ1n) is 3.55. The average molecular weight is 371 g/mol. The van der Waals surface area contributed by atoms with Crippen LogP contribution in [0, 0.1) is 38.8 Å². The second-order valence-electron chi connectivity index (χ2n) is 2.13. The molecule has 0 aliphatic heterocycles. The minimum atomic E-state index is -1.92. The molecule has 0 spiro atoms. The Kier molecular flexibility index (Phi) is 27.5. The zero-order valence-electron chi connectivity index (χ0n) is 8.86. The average Bonchev–Trinajstić information content (AvgIpc) is 2.06. The Bertz CT molecular complexity index is 156. The van der Waals surface area contributed by atoms with Gasteiger partial charge in [-0.1, -0.05) is 0 Å². The first-order chi connectivity index (χ1) is 6.70. The van der Waals surface area contributed by atoms with Crippen LogP contribution in [0.15, 0.2) is 0 Å². The van der Waals surface area contributed by atoms with E-state index in [2.05, 4.69) is 0 Å². The van der Waals surface area contributed by atoms with Gasteiger partial charge in [-0.2, -0.15) is 0 Å². The van der Waals surface area contributed by atoms with Crippen molar-refractivity contribution in [2.24, 2.45) is 0 Å². The molecule has 0 fully saturated rings. The number of aliphatic hydroxyl groups is 2. The van der Waals surface area contributed by atoms with Gasteiger partial charge in [0.25, 0.3) is 0 Å². The SMILES string of the molecule is CC(O)C(=O)O.CC(O)C(=O)O.N.[OH][Ce][OH]. The third-order valence-electron chi connectivity index (χ3n) is 0.715. The van der Waals surface area contributed by atoms with Crippen LogP contribution in [-0.2, 0) is 9.59 Å². The van der Waals surface area contributed by atoms with Gasteiger partial charge >= 0.3 is 53.3 Å². The maximum absolute atomic E-state index is 9.45. The number of aliphatic carboxylic acids is 2. The zero-order valence-corrected chi connectivity index (χ0v) is 12.0. The molecule has 0 radical (unpaired) electrons. The van der Waals surface area contributed by atoms with E-state index in [4.69, 9.17) is 23.1 Å². The maximum atomic E-state index is 9.45. The van der Waals surface area contributed by atoms with E-state index in [-0.39, 0.29) is 6.15 Å². The van der Waals surface area contributed by atoms with E-state index in [1.54, 1.807) is 0 Å². The van der Waals surface area contributed by atoms with Crippen molar-refractivity contribution in [1.82, 2.24) is 6.15 Å². The first-order valence-corrected chi connectivity index (χ1v) is 6.36. The number of carboxylic acid groups (broad SMARTS) is 2. The van der Waals surface area contributed by atoms with Crippen molar-refractivity contribution in [3.8, 4) is 0 Å². The van der Waals surface area contributed by atoms with E-state index in [9.17, 15) is 9.59 Å². The van der Waals surface area contributed by atoms with E-state index >= 15 is 0 Å². The van der Waals surface area contributed by atoms with E-state index in [0.29, 0.717) is 0 Å². The fraction of sp³-hybridized carbons (Fsp3) is 0.667. The molecule has 0 aliphatic rings. The predicted octanol–water partition coefficient (Wildman–Crippen LogP) is -2.05. The van der Waals surface area contributed by atoms with E-state index in [1.165, 1.54) is 13.8 Å². The molecule has 10 heteroatoms. The standard InChI is InChI=1S/2C3H6O3.Ce.H3N.2H2O/c2*1-2(4)3(5)6;;;;/h2*2,4H,1H3,(H,5,6);;1H3;2*1H2/q;;+2;;;/p-2. The monoisotopic (exact) mass is 371 g/mol. The molecule has 0 aromatic heterocycles. The number of carbonyl (C=O) groups is 2. The summed E-state index contributed by atoms with van der Waals surface area (Å²) in [5.74, 6) is -2.37. The van der Waals surface area contributed by atoms with Gasteiger partial charge in [0.15, 0.2) is 0 Å². The van der Waals surface area contributed by atoms with E-state index in [0.717, 1.165) is 0 Å². The van der Waals surface area contributed by atoms with Crippen LogP contribution in [0.4, 0.5) is 0 Å². The normalized spacial score (nSPS) is 11.1. The van der Waals surface area contributed by atoms with Crippen molar-refractivity contribution in [2.45, 2.75) is 26.1 Å². The summed E-state index contributed by atoms with van der Waals surface area (Å²) < 4.78 is 14.6. The van der Waals surface area contributed by atoms with Crippen LogP contribution in [0.25, 0.3) is 0 Å². The molecule has 0 aliphatic carbocycles. The fourth-order valence-corrected chi connectivity index (χ4v) is 0. The van der Waals surface area contributed by atoms with Crippen molar-refractivity contribution in [3.63, 3.8) is 0 Å². The molecule has 2 unspecified atom stereocenters. The fourth-order valence-electron chi connectivity index (χ4n) is 0. The number of rotatable bonds is 2. The summed E-state index contributed by atoms with van der Waals surface area (Å²) in [6.07, 6.45) is -2.46. The molecule has 0 heterocycles. The molecular formula is C6H17CeNO8. The van der Waals surface area contributed by atoms with Crippen molar-refractivity contribution in [2.75, 3.05) is 0 Å². The van der Waals surface area contributed by atoms with Gasteiger partial charge < -0.3 is 26.6 Å². The van der Waals surface area contributed by atoms with Gasteiger partial charge in [-0.25, -0.2) is 9.59 Å². The molecule has 0 aromatic rings. The van der Waals surface area contributed by atoms with Crippen molar-refractivity contribution in [1.29, 1.82) is 0 Å². The van der Waals surface area contributed by atoms with Crippen LogP contribution in [0.2, 0.25) is 0 Å². The molecule has 0 bridgehead atoms. The molecule has 9 nitrogen and oxygen atoms in total. The number of hydrogen-bond donors (Lipinski definition) is 7. The number of hydrogen-bond acceptors (Lipinski definition) is 7. The quantitative estimate of drug-likeness (QED) is 0.286. The molecule has 2 atom stereocenters. The summed E-state index contributed by atoms with van der Waals surface area (Å²) >= 11 is -1.92. The van der Waals surface area contributed by atoms with Gasteiger partial charge in [-0.15, -0.1) is 0 Å². The van der Waals surface area contributed by atoms with Crippen LogP contribution in [0.3, 0.4) is 0 Å². The summed E-state index contributed by atoms with van der Waals surface area (Å²) in [6, 6.07) is 0. The van der Waals surface area contributed by atoms with Crippen LogP contribution in [0.5, 0.6) is 0 Å². The second-order valence-corrected chi connectivity index (χ2v) is 2.76.